The van der Waals surface area contributed by atoms with Gasteiger partial charge in [-0.2, -0.15) is 0 Å². The summed E-state index contributed by atoms with van der Waals surface area (Å²) in [5.41, 5.74) is 0. The molecule has 0 aromatic heterocycles. The summed E-state index contributed by atoms with van der Waals surface area (Å²) in [6.07, 6.45) is 0. The molecule has 2 aromatic rings. The van der Waals surface area contributed by atoms with Gasteiger partial charge in [0.2, 0.25) is 0 Å². The van der Waals surface area contributed by atoms with Crippen molar-refractivity contribution < 1.29 is 15.1 Å². The number of rotatable bonds is 0. The third kappa shape index (κ3) is 1.30. The van der Waals surface area contributed by atoms with Crippen LogP contribution < -0.4 is 15.1 Å². The molecule has 0 saturated carbocycles. The number of benzene rings is 2. The third-order valence-electron chi connectivity index (χ3n) is 2.64. The van der Waals surface area contributed by atoms with Gasteiger partial charge >= 0.3 is 101 Å². The van der Waals surface area contributed by atoms with Crippen LogP contribution >= 0.6 is 0 Å². The first-order chi connectivity index (χ1) is 8.35. The van der Waals surface area contributed by atoms with E-state index in [-0.39, 0.29) is 0 Å². The van der Waals surface area contributed by atoms with Gasteiger partial charge in [-0.15, -0.1) is 0 Å². The molecule has 2 heterocycles. The number of fused-ring (bicyclic) bond motifs is 2. The van der Waals surface area contributed by atoms with E-state index in [1.54, 1.807) is 0 Å². The molecule has 0 unspecified atom stereocenters. The molecule has 0 fully saturated rings. The fourth-order valence-electron chi connectivity index (χ4n) is 1.90. The fourth-order valence-corrected chi connectivity index (χ4v) is 6.10. The average molecular weight is 289 g/mol. The van der Waals surface area contributed by atoms with Crippen LogP contribution in [0.4, 0.5) is 0 Å². The van der Waals surface area contributed by atoms with Crippen molar-refractivity contribution in [3.63, 3.8) is 0 Å². The van der Waals surface area contributed by atoms with E-state index >= 15 is 0 Å². The molecule has 0 aliphatic carbocycles. The molecular weight excluding hydrogens is 281 g/mol. The van der Waals surface area contributed by atoms with E-state index in [1.165, 1.54) is 0 Å². The summed E-state index contributed by atoms with van der Waals surface area (Å²) in [6, 6.07) is 15.0. The summed E-state index contributed by atoms with van der Waals surface area (Å²) in [4.78, 5) is 0. The summed E-state index contributed by atoms with van der Waals surface area (Å²) in [5.74, 6) is 2.78. The van der Waals surface area contributed by atoms with E-state index in [0.29, 0.717) is 23.0 Å². The van der Waals surface area contributed by atoms with Crippen LogP contribution in [0.1, 0.15) is 0 Å². The van der Waals surface area contributed by atoms with Gasteiger partial charge in [0.15, 0.2) is 0 Å². The first-order valence-corrected chi connectivity index (χ1v) is 8.71. The summed E-state index contributed by atoms with van der Waals surface area (Å²) in [6.45, 7) is 0. The Bertz CT molecular complexity index is 492. The molecule has 0 N–H and O–H groups in total. The van der Waals surface area contributed by atoms with Gasteiger partial charge in [-0.1, -0.05) is 0 Å². The Balaban J connectivity index is 1.72. The molecule has 0 atom stereocenters. The van der Waals surface area contributed by atoms with Gasteiger partial charge in [-0.05, 0) is 0 Å². The standard InChI is InChI=1S/C12H8GeO4/c1-2-6-10-9(5-1)14-13(15-10)16-11-7-3-4-8-12(11)17-13/h1-8H. The molecule has 0 amide bonds. The predicted molar refractivity (Wildman–Crippen MR) is 61.2 cm³/mol. The Labute approximate surface area is 101 Å². The Hall–Kier alpha value is -1.82. The molecule has 2 aromatic carbocycles. The Morgan fingerprint density at radius 1 is 0.529 bits per heavy atom. The minimum absolute atomic E-state index is 0.695. The molecule has 0 radical (unpaired) electrons. The Morgan fingerprint density at radius 2 is 0.824 bits per heavy atom. The molecule has 0 saturated heterocycles. The van der Waals surface area contributed by atoms with Crippen LogP contribution in [-0.2, 0) is 0 Å². The van der Waals surface area contributed by atoms with E-state index in [9.17, 15) is 0 Å². The first-order valence-electron chi connectivity index (χ1n) is 5.29. The molecule has 2 aliphatic heterocycles. The first kappa shape index (κ1) is 9.24. The van der Waals surface area contributed by atoms with E-state index < -0.39 is 14.6 Å². The van der Waals surface area contributed by atoms with Crippen molar-refractivity contribution in [2.45, 2.75) is 0 Å². The summed E-state index contributed by atoms with van der Waals surface area (Å²) in [5, 5.41) is 0. The van der Waals surface area contributed by atoms with Crippen molar-refractivity contribution in [1.82, 2.24) is 0 Å². The van der Waals surface area contributed by atoms with Crippen molar-refractivity contribution in [3.8, 4) is 23.0 Å². The van der Waals surface area contributed by atoms with Crippen LogP contribution in [0.2, 0.25) is 0 Å². The zero-order valence-corrected chi connectivity index (χ0v) is 10.8. The summed E-state index contributed by atoms with van der Waals surface area (Å²) >= 11 is -3.63. The van der Waals surface area contributed by atoms with Gasteiger partial charge < -0.3 is 0 Å². The molecule has 84 valence electrons. The van der Waals surface area contributed by atoms with Crippen molar-refractivity contribution in [3.05, 3.63) is 48.5 Å². The van der Waals surface area contributed by atoms with Gasteiger partial charge in [-0.25, -0.2) is 0 Å². The quantitative estimate of drug-likeness (QED) is 0.698. The Morgan fingerprint density at radius 3 is 1.12 bits per heavy atom. The number of hydrogen-bond acceptors (Lipinski definition) is 4. The van der Waals surface area contributed by atoms with Crippen LogP contribution in [0.5, 0.6) is 23.0 Å². The van der Waals surface area contributed by atoms with Gasteiger partial charge in [0, 0.05) is 0 Å². The van der Waals surface area contributed by atoms with Crippen LogP contribution in [0.15, 0.2) is 48.5 Å². The van der Waals surface area contributed by atoms with Crippen LogP contribution in [0, 0.1) is 0 Å². The zero-order valence-electron chi connectivity index (χ0n) is 8.75. The minimum atomic E-state index is -3.63. The fraction of sp³-hybridized carbons (Fsp3) is 0. The van der Waals surface area contributed by atoms with Crippen LogP contribution in [0.25, 0.3) is 0 Å². The van der Waals surface area contributed by atoms with Gasteiger partial charge in [0.05, 0.1) is 0 Å². The van der Waals surface area contributed by atoms with Crippen molar-refractivity contribution in [1.29, 1.82) is 0 Å². The van der Waals surface area contributed by atoms with Crippen LogP contribution in [0.3, 0.4) is 0 Å². The van der Waals surface area contributed by atoms with Gasteiger partial charge in [-0.3, -0.25) is 0 Å². The second kappa shape index (κ2) is 3.10. The van der Waals surface area contributed by atoms with Crippen molar-refractivity contribution >= 4 is 14.6 Å². The van der Waals surface area contributed by atoms with Gasteiger partial charge in [0.1, 0.15) is 0 Å². The second-order valence-electron chi connectivity index (χ2n) is 3.80. The Kier molecular flexibility index (Phi) is 1.69. The maximum atomic E-state index is 5.76. The molecular formula is C12H8GeO4. The molecule has 4 nitrogen and oxygen atoms in total. The molecule has 5 heteroatoms. The number of para-hydroxylation sites is 4. The monoisotopic (exact) mass is 290 g/mol. The van der Waals surface area contributed by atoms with Crippen molar-refractivity contribution in [2.75, 3.05) is 0 Å². The predicted octanol–water partition coefficient (Wildman–Crippen LogP) is 2.36. The van der Waals surface area contributed by atoms with E-state index in [1.807, 2.05) is 48.5 Å². The van der Waals surface area contributed by atoms with E-state index in [0.717, 1.165) is 0 Å². The SMILES string of the molecule is c1ccc2c(c1)[O][Ge]1([O]2)[O]c2ccccc2[O]1. The summed E-state index contributed by atoms with van der Waals surface area (Å²) in [7, 11) is 0. The van der Waals surface area contributed by atoms with Crippen LogP contribution in [-0.4, -0.2) is 14.6 Å². The maximum absolute atomic E-state index is 5.76. The molecule has 1 spiro atoms. The summed E-state index contributed by atoms with van der Waals surface area (Å²) < 4.78 is 23.0. The third-order valence-corrected chi connectivity index (χ3v) is 6.58. The second-order valence-corrected chi connectivity index (χ2v) is 7.61. The molecule has 2 aliphatic rings. The van der Waals surface area contributed by atoms with Crippen molar-refractivity contribution in [2.24, 2.45) is 0 Å². The number of hydrogen-bond donors (Lipinski definition) is 0. The average Bonchev–Trinajstić information content (AvgIpc) is 2.87. The molecule has 4 rings (SSSR count). The topological polar surface area (TPSA) is 36.9 Å². The zero-order chi connectivity index (χ0) is 11.3. The van der Waals surface area contributed by atoms with E-state index in [2.05, 4.69) is 0 Å². The van der Waals surface area contributed by atoms with E-state index in [4.69, 9.17) is 15.1 Å². The normalized spacial score (nSPS) is 17.4. The molecule has 0 bridgehead atoms. The van der Waals surface area contributed by atoms with Gasteiger partial charge in [0.25, 0.3) is 0 Å². The molecule has 17 heavy (non-hydrogen) atoms.